The van der Waals surface area contributed by atoms with Crippen LogP contribution in [0.5, 0.6) is 0 Å². The topological polar surface area (TPSA) is 88.3 Å². The fourth-order valence-corrected chi connectivity index (χ4v) is 4.10. The van der Waals surface area contributed by atoms with Gasteiger partial charge in [-0.05, 0) is 69.4 Å². The van der Waals surface area contributed by atoms with Crippen molar-refractivity contribution < 1.29 is 13.4 Å². The molecule has 0 aliphatic heterocycles. The third-order valence-electron chi connectivity index (χ3n) is 4.42. The Morgan fingerprint density at radius 2 is 1.75 bits per heavy atom. The molecule has 3 N–H and O–H groups in total. The Balaban J connectivity index is 0.000000982. The van der Waals surface area contributed by atoms with Crippen LogP contribution in [0.3, 0.4) is 0 Å². The second-order valence-corrected chi connectivity index (χ2v) is 9.75. The van der Waals surface area contributed by atoms with Gasteiger partial charge in [0.2, 0.25) is 0 Å². The number of halogens is 3. The average Bonchev–Trinajstić information content (AvgIpc) is 2.86. The molecule has 0 radical (unpaired) electrons. The zero-order valence-corrected chi connectivity index (χ0v) is 23.1. The first-order chi connectivity index (χ1) is 17.2. The zero-order valence-electron chi connectivity index (χ0n) is 20.7. The van der Waals surface area contributed by atoms with E-state index in [1.165, 1.54) is 25.4 Å². The number of hydrogen-bond donors (Lipinski definition) is 2. The average molecular weight is 554 g/mol. The number of amides is 1. The van der Waals surface area contributed by atoms with Crippen molar-refractivity contribution in [1.82, 2.24) is 4.98 Å². The monoisotopic (exact) mass is 552 g/mol. The molecule has 0 fully saturated rings. The molecule has 1 heterocycles. The van der Waals surface area contributed by atoms with Gasteiger partial charge in [-0.25, -0.2) is 8.60 Å². The predicted octanol–water partition coefficient (Wildman–Crippen LogP) is 6.64. The number of nitrogens with one attached hydrogen (secondary N) is 1. The van der Waals surface area contributed by atoms with Crippen LogP contribution in [-0.2, 0) is 11.0 Å². The molecule has 3 rings (SSSR count). The van der Waals surface area contributed by atoms with E-state index in [2.05, 4.69) is 22.6 Å². The fourth-order valence-electron chi connectivity index (χ4n) is 2.93. The van der Waals surface area contributed by atoms with Crippen molar-refractivity contribution in [2.45, 2.75) is 20.8 Å². The minimum Gasteiger partial charge on any atom is -0.333 e. The Kier molecular flexibility index (Phi) is 13.9. The van der Waals surface area contributed by atoms with E-state index in [4.69, 9.17) is 23.2 Å². The molecule has 0 bridgehead atoms. The van der Waals surface area contributed by atoms with Crippen LogP contribution in [-0.4, -0.2) is 34.4 Å². The molecule has 2 aromatic carbocycles. The Morgan fingerprint density at radius 3 is 2.28 bits per heavy atom. The smallest absolute Gasteiger partial charge is 0.255 e. The van der Waals surface area contributed by atoms with Gasteiger partial charge < -0.3 is 11.1 Å². The molecule has 10 heteroatoms. The highest BCUT2D eigenvalue weighted by molar-refractivity contribution is 7.86. The standard InChI is InChI=1S/C22H21ClFN3O2S.C3H5Cl.CH5N/c1-3-27(30(29)4-2)18-8-5-15(6-9-18)22(28)26-17-7-10-20(23)19(14-17)21-13-16(24)11-12-25-21;1-3(2)4;1-2/h5-14H,3-4H2,1-2H3,(H,26,28);1H2,2H3;2H2,1H3. The van der Waals surface area contributed by atoms with Crippen LogP contribution in [0.25, 0.3) is 11.3 Å². The van der Waals surface area contributed by atoms with Crippen molar-refractivity contribution in [1.29, 1.82) is 0 Å². The Bertz CT molecular complexity index is 1170. The third kappa shape index (κ3) is 9.70. The summed E-state index contributed by atoms with van der Waals surface area (Å²) in [5.41, 5.74) is 7.16. The highest BCUT2D eigenvalue weighted by Crippen LogP contribution is 2.30. The van der Waals surface area contributed by atoms with E-state index >= 15 is 0 Å². The second-order valence-electron chi connectivity index (χ2n) is 7.04. The van der Waals surface area contributed by atoms with Gasteiger partial charge in [0.05, 0.1) is 10.7 Å². The largest absolute Gasteiger partial charge is 0.333 e. The minimum atomic E-state index is -1.10. The van der Waals surface area contributed by atoms with Gasteiger partial charge in [0.1, 0.15) is 16.8 Å². The van der Waals surface area contributed by atoms with Crippen molar-refractivity contribution in [3.8, 4) is 11.3 Å². The van der Waals surface area contributed by atoms with Crippen LogP contribution in [0.1, 0.15) is 31.1 Å². The summed E-state index contributed by atoms with van der Waals surface area (Å²) < 4.78 is 27.4. The molecule has 1 aromatic heterocycles. The summed E-state index contributed by atoms with van der Waals surface area (Å²) >= 11 is 11.3. The van der Waals surface area contributed by atoms with Gasteiger partial charge in [-0.2, -0.15) is 0 Å². The normalized spacial score (nSPS) is 10.7. The van der Waals surface area contributed by atoms with Crippen molar-refractivity contribution >= 4 is 51.5 Å². The molecule has 36 heavy (non-hydrogen) atoms. The number of nitrogens with zero attached hydrogens (tertiary/aromatic N) is 2. The second kappa shape index (κ2) is 16.1. The Morgan fingerprint density at radius 1 is 1.14 bits per heavy atom. The lowest BCUT2D eigenvalue weighted by Crippen LogP contribution is -2.26. The number of nitrogens with two attached hydrogens (primary N) is 1. The van der Waals surface area contributed by atoms with Gasteiger partial charge in [-0.1, -0.05) is 36.7 Å². The number of carbonyl (C=O) groups excluding carboxylic acids is 1. The number of carbonyl (C=O) groups is 1. The minimum absolute atomic E-state index is 0.304. The molecule has 194 valence electrons. The van der Waals surface area contributed by atoms with E-state index in [1.807, 2.05) is 13.8 Å². The van der Waals surface area contributed by atoms with Crippen LogP contribution in [0.2, 0.25) is 5.02 Å². The van der Waals surface area contributed by atoms with Crippen molar-refractivity contribution in [3.63, 3.8) is 0 Å². The molecule has 0 saturated carbocycles. The third-order valence-corrected chi connectivity index (χ3v) is 6.20. The Labute approximate surface area is 224 Å². The number of pyridine rings is 1. The summed E-state index contributed by atoms with van der Waals surface area (Å²) in [6.45, 7) is 9.46. The van der Waals surface area contributed by atoms with E-state index in [0.29, 0.717) is 44.9 Å². The number of benzene rings is 2. The first-order valence-corrected chi connectivity index (χ1v) is 13.1. The van der Waals surface area contributed by atoms with Crippen molar-refractivity contribution in [2.75, 3.05) is 29.0 Å². The lowest BCUT2D eigenvalue weighted by Gasteiger charge is -2.21. The lowest BCUT2D eigenvalue weighted by molar-refractivity contribution is 0.102. The SMILES string of the molecule is C=C(C)Cl.CCN(c1ccc(C(=O)Nc2ccc(Cl)c(-c3cc(F)ccn3)c2)cc1)S(=O)CC.CN. The first kappa shape index (κ1) is 31.3. The number of hydrogen-bond acceptors (Lipinski definition) is 4. The molecule has 0 aliphatic rings. The molecular weight excluding hydrogens is 522 g/mol. The van der Waals surface area contributed by atoms with Gasteiger partial charge in [0.15, 0.2) is 0 Å². The molecular formula is C26H31Cl2FN4O2S. The fraction of sp³-hybridized carbons (Fsp3) is 0.231. The van der Waals surface area contributed by atoms with E-state index in [9.17, 15) is 13.4 Å². The highest BCUT2D eigenvalue weighted by atomic mass is 35.5. The number of anilines is 2. The number of allylic oxidation sites excluding steroid dienone is 1. The van der Waals surface area contributed by atoms with E-state index in [-0.39, 0.29) is 5.91 Å². The van der Waals surface area contributed by atoms with Gasteiger partial charge in [-0.3, -0.25) is 14.1 Å². The molecule has 1 atom stereocenters. The molecule has 6 nitrogen and oxygen atoms in total. The predicted molar refractivity (Wildman–Crippen MR) is 152 cm³/mol. The molecule has 1 amide bonds. The van der Waals surface area contributed by atoms with Crippen LogP contribution < -0.4 is 15.4 Å². The molecule has 0 aliphatic carbocycles. The summed E-state index contributed by atoms with van der Waals surface area (Å²) in [5, 5.41) is 3.85. The highest BCUT2D eigenvalue weighted by Gasteiger charge is 2.13. The number of rotatable bonds is 7. The van der Waals surface area contributed by atoms with Crippen LogP contribution in [0.4, 0.5) is 15.8 Å². The molecule has 0 saturated heterocycles. The maximum atomic E-state index is 13.5. The van der Waals surface area contributed by atoms with E-state index in [1.54, 1.807) is 53.7 Å². The zero-order chi connectivity index (χ0) is 27.3. The molecule has 0 spiro atoms. The van der Waals surface area contributed by atoms with Crippen LogP contribution in [0.15, 0.2) is 72.4 Å². The first-order valence-electron chi connectivity index (χ1n) is 11.0. The van der Waals surface area contributed by atoms with Gasteiger partial charge in [-0.15, -0.1) is 0 Å². The Hall–Kier alpha value is -2.78. The summed E-state index contributed by atoms with van der Waals surface area (Å²) in [4.78, 5) is 16.8. The van der Waals surface area contributed by atoms with E-state index in [0.717, 1.165) is 5.69 Å². The summed E-state index contributed by atoms with van der Waals surface area (Å²) in [6, 6.07) is 14.4. The van der Waals surface area contributed by atoms with Crippen LogP contribution in [0, 0.1) is 5.82 Å². The number of aromatic nitrogens is 1. The van der Waals surface area contributed by atoms with E-state index < -0.39 is 16.8 Å². The molecule has 1 unspecified atom stereocenters. The van der Waals surface area contributed by atoms with Gasteiger partial charge in [0, 0.05) is 52.1 Å². The van der Waals surface area contributed by atoms with Gasteiger partial charge >= 0.3 is 0 Å². The maximum Gasteiger partial charge on any atom is 0.255 e. The summed E-state index contributed by atoms with van der Waals surface area (Å²) in [7, 11) is 0.398. The van der Waals surface area contributed by atoms with Crippen molar-refractivity contribution in [2.24, 2.45) is 5.73 Å². The van der Waals surface area contributed by atoms with Crippen molar-refractivity contribution in [3.05, 3.63) is 88.8 Å². The van der Waals surface area contributed by atoms with Gasteiger partial charge in [0.25, 0.3) is 5.91 Å². The summed E-state index contributed by atoms with van der Waals surface area (Å²) in [5.74, 6) is -0.202. The maximum absolute atomic E-state index is 13.5. The quantitative estimate of drug-likeness (QED) is 0.344. The summed E-state index contributed by atoms with van der Waals surface area (Å²) in [6.07, 6.45) is 1.36. The van der Waals surface area contributed by atoms with Crippen LogP contribution >= 0.6 is 23.2 Å². The lowest BCUT2D eigenvalue weighted by atomic mass is 10.1. The molecule has 3 aromatic rings.